The molecule has 4 N–H and O–H groups in total. The van der Waals surface area contributed by atoms with Crippen LogP contribution in [0.3, 0.4) is 0 Å². The van der Waals surface area contributed by atoms with Gasteiger partial charge in [-0.25, -0.2) is 0 Å². The van der Waals surface area contributed by atoms with E-state index in [4.69, 9.17) is 5.73 Å². The number of anilines is 1. The summed E-state index contributed by atoms with van der Waals surface area (Å²) in [5, 5.41) is 5.29. The van der Waals surface area contributed by atoms with Crippen molar-refractivity contribution in [3.8, 4) is 0 Å². The molecule has 1 aromatic carbocycles. The molecule has 0 unspecified atom stereocenters. The van der Waals surface area contributed by atoms with Gasteiger partial charge >= 0.3 is 0 Å². The molecule has 5 heteroatoms. The Morgan fingerprint density at radius 1 is 1.16 bits per heavy atom. The van der Waals surface area contributed by atoms with Crippen LogP contribution in [0.4, 0.5) is 5.69 Å². The summed E-state index contributed by atoms with van der Waals surface area (Å²) in [7, 11) is 0. The van der Waals surface area contributed by atoms with Crippen LogP contribution in [-0.2, 0) is 16.0 Å². The number of hydrogen-bond donors (Lipinski definition) is 3. The van der Waals surface area contributed by atoms with E-state index in [1.165, 1.54) is 0 Å². The van der Waals surface area contributed by atoms with E-state index in [2.05, 4.69) is 10.6 Å². The van der Waals surface area contributed by atoms with Crippen LogP contribution in [0.5, 0.6) is 0 Å². The van der Waals surface area contributed by atoms with E-state index in [9.17, 15) is 9.59 Å². The minimum absolute atomic E-state index is 0.0309. The second kappa shape index (κ2) is 8.13. The lowest BCUT2D eigenvalue weighted by molar-refractivity contribution is -0.126. The molecule has 19 heavy (non-hydrogen) atoms. The molecule has 0 spiro atoms. The minimum Gasteiger partial charge on any atom is -0.399 e. The number of rotatable bonds is 7. The zero-order valence-corrected chi connectivity index (χ0v) is 11.2. The van der Waals surface area contributed by atoms with Crippen LogP contribution in [0.15, 0.2) is 24.3 Å². The number of carbonyl (C=O) groups excluding carboxylic acids is 2. The number of nitrogens with two attached hydrogens (primary N) is 1. The Kier molecular flexibility index (Phi) is 6.43. The van der Waals surface area contributed by atoms with Crippen molar-refractivity contribution in [3.63, 3.8) is 0 Å². The first-order valence-electron chi connectivity index (χ1n) is 6.50. The molecular weight excluding hydrogens is 242 g/mol. The summed E-state index contributed by atoms with van der Waals surface area (Å²) in [4.78, 5) is 22.9. The lowest BCUT2D eigenvalue weighted by Gasteiger charge is -2.07. The summed E-state index contributed by atoms with van der Waals surface area (Å²) in [6.45, 7) is 2.64. The second-order valence-electron chi connectivity index (χ2n) is 4.33. The van der Waals surface area contributed by atoms with Crippen molar-refractivity contribution in [1.29, 1.82) is 0 Å². The summed E-state index contributed by atoms with van der Waals surface area (Å²) in [5.41, 5.74) is 7.43. The molecule has 0 heterocycles. The fourth-order valence-electron chi connectivity index (χ4n) is 1.60. The number of para-hydroxylation sites is 1. The third kappa shape index (κ3) is 5.90. The summed E-state index contributed by atoms with van der Waals surface area (Å²) < 4.78 is 0. The van der Waals surface area contributed by atoms with Crippen molar-refractivity contribution in [3.05, 3.63) is 29.8 Å². The van der Waals surface area contributed by atoms with Gasteiger partial charge in [0.2, 0.25) is 11.8 Å². The lowest BCUT2D eigenvalue weighted by Crippen LogP contribution is -2.37. The normalized spacial score (nSPS) is 9.95. The third-order valence-corrected chi connectivity index (χ3v) is 2.69. The van der Waals surface area contributed by atoms with E-state index in [0.717, 1.165) is 12.0 Å². The van der Waals surface area contributed by atoms with E-state index >= 15 is 0 Å². The van der Waals surface area contributed by atoms with E-state index in [1.807, 2.05) is 31.2 Å². The average Bonchev–Trinajstić information content (AvgIpc) is 2.42. The van der Waals surface area contributed by atoms with Gasteiger partial charge < -0.3 is 16.4 Å². The molecule has 2 amide bonds. The summed E-state index contributed by atoms with van der Waals surface area (Å²) in [6, 6.07) is 7.46. The van der Waals surface area contributed by atoms with Gasteiger partial charge in [0.1, 0.15) is 0 Å². The van der Waals surface area contributed by atoms with Gasteiger partial charge in [-0.1, -0.05) is 25.1 Å². The molecule has 0 aromatic heterocycles. The first-order valence-corrected chi connectivity index (χ1v) is 6.50. The molecule has 0 aliphatic carbocycles. The zero-order chi connectivity index (χ0) is 14.1. The highest BCUT2D eigenvalue weighted by molar-refractivity contribution is 5.84. The summed E-state index contributed by atoms with van der Waals surface area (Å²) >= 11 is 0. The maximum atomic E-state index is 11.6. The van der Waals surface area contributed by atoms with E-state index < -0.39 is 0 Å². The molecule has 0 fully saturated rings. The molecule has 104 valence electrons. The van der Waals surface area contributed by atoms with Crippen molar-refractivity contribution >= 4 is 17.5 Å². The Morgan fingerprint density at radius 2 is 1.89 bits per heavy atom. The highest BCUT2D eigenvalue weighted by Gasteiger charge is 2.06. The minimum atomic E-state index is -0.158. The van der Waals surface area contributed by atoms with Gasteiger partial charge in [-0.3, -0.25) is 9.59 Å². The maximum absolute atomic E-state index is 11.6. The van der Waals surface area contributed by atoms with Crippen LogP contribution in [-0.4, -0.2) is 24.9 Å². The molecule has 1 aromatic rings. The molecule has 0 saturated carbocycles. The van der Waals surface area contributed by atoms with E-state index in [-0.39, 0.29) is 18.4 Å². The molecule has 0 radical (unpaired) electrons. The van der Waals surface area contributed by atoms with Gasteiger partial charge in [0.15, 0.2) is 0 Å². The fraction of sp³-hybridized carbons (Fsp3) is 0.429. The smallest absolute Gasteiger partial charge is 0.239 e. The van der Waals surface area contributed by atoms with Gasteiger partial charge in [-0.15, -0.1) is 0 Å². The van der Waals surface area contributed by atoms with Crippen LogP contribution in [0, 0.1) is 0 Å². The average molecular weight is 263 g/mol. The van der Waals surface area contributed by atoms with Crippen LogP contribution < -0.4 is 16.4 Å². The number of amides is 2. The molecule has 5 nitrogen and oxygen atoms in total. The third-order valence-electron chi connectivity index (χ3n) is 2.69. The van der Waals surface area contributed by atoms with Crippen LogP contribution in [0.1, 0.15) is 25.3 Å². The van der Waals surface area contributed by atoms with Crippen molar-refractivity contribution < 1.29 is 9.59 Å². The number of aryl methyl sites for hydroxylation is 1. The van der Waals surface area contributed by atoms with E-state index in [0.29, 0.717) is 25.1 Å². The Labute approximate surface area is 113 Å². The Hall–Kier alpha value is -2.04. The predicted molar refractivity (Wildman–Crippen MR) is 75.5 cm³/mol. The highest BCUT2D eigenvalue weighted by atomic mass is 16.2. The number of carbonyl (C=O) groups is 2. The maximum Gasteiger partial charge on any atom is 0.239 e. The highest BCUT2D eigenvalue weighted by Crippen LogP contribution is 2.12. The Balaban J connectivity index is 2.25. The van der Waals surface area contributed by atoms with Gasteiger partial charge in [0, 0.05) is 18.7 Å². The molecule has 0 saturated heterocycles. The molecule has 0 aliphatic heterocycles. The number of benzene rings is 1. The van der Waals surface area contributed by atoms with Gasteiger partial charge in [0.05, 0.1) is 6.54 Å². The van der Waals surface area contributed by atoms with Crippen molar-refractivity contribution in [2.75, 3.05) is 18.8 Å². The molecule has 0 atom stereocenters. The topological polar surface area (TPSA) is 84.2 Å². The van der Waals surface area contributed by atoms with E-state index in [1.54, 1.807) is 0 Å². The van der Waals surface area contributed by atoms with Crippen molar-refractivity contribution in [1.82, 2.24) is 10.6 Å². The fourth-order valence-corrected chi connectivity index (χ4v) is 1.60. The lowest BCUT2D eigenvalue weighted by atomic mass is 10.1. The molecule has 0 aliphatic rings. The number of hydrogen-bond acceptors (Lipinski definition) is 3. The van der Waals surface area contributed by atoms with Gasteiger partial charge in [0.25, 0.3) is 0 Å². The quantitative estimate of drug-likeness (QED) is 0.637. The second-order valence-corrected chi connectivity index (χ2v) is 4.33. The monoisotopic (exact) mass is 263 g/mol. The predicted octanol–water partition coefficient (Wildman–Crippen LogP) is 0.844. The Morgan fingerprint density at radius 3 is 2.58 bits per heavy atom. The Bertz CT molecular complexity index is 432. The SMILES string of the molecule is CCCNC(=O)CNC(=O)CCc1ccccc1N. The number of nitrogens with one attached hydrogen (secondary N) is 2. The standard InChI is InChI=1S/C14H21N3O2/c1-2-9-16-14(19)10-17-13(18)8-7-11-5-3-4-6-12(11)15/h3-6H,2,7-10,15H2,1H3,(H,16,19)(H,17,18). The molecule has 0 bridgehead atoms. The first-order chi connectivity index (χ1) is 9.13. The van der Waals surface area contributed by atoms with Gasteiger partial charge in [-0.2, -0.15) is 0 Å². The largest absolute Gasteiger partial charge is 0.399 e. The van der Waals surface area contributed by atoms with Crippen molar-refractivity contribution in [2.24, 2.45) is 0 Å². The summed E-state index contributed by atoms with van der Waals surface area (Å²) in [5.74, 6) is -0.302. The molecule has 1 rings (SSSR count). The zero-order valence-electron chi connectivity index (χ0n) is 11.2. The van der Waals surface area contributed by atoms with Crippen molar-refractivity contribution in [2.45, 2.75) is 26.2 Å². The first kappa shape index (κ1) is 15.0. The number of nitrogen functional groups attached to an aromatic ring is 1. The van der Waals surface area contributed by atoms with Gasteiger partial charge in [-0.05, 0) is 24.5 Å². The van der Waals surface area contributed by atoms with Crippen LogP contribution >= 0.6 is 0 Å². The molecular formula is C14H21N3O2. The van der Waals surface area contributed by atoms with Crippen LogP contribution in [0.25, 0.3) is 0 Å². The summed E-state index contributed by atoms with van der Waals surface area (Å²) in [6.07, 6.45) is 1.79. The van der Waals surface area contributed by atoms with Crippen LogP contribution in [0.2, 0.25) is 0 Å².